The molecule has 0 spiro atoms. The zero-order valence-corrected chi connectivity index (χ0v) is 15.6. The van der Waals surface area contributed by atoms with E-state index in [1.165, 1.54) is 5.57 Å². The molecular formula is C22H28O4. The van der Waals surface area contributed by atoms with E-state index < -0.39 is 11.6 Å². The van der Waals surface area contributed by atoms with E-state index in [2.05, 4.69) is 32.1 Å². The highest BCUT2D eigenvalue weighted by atomic mass is 16.4. The summed E-state index contributed by atoms with van der Waals surface area (Å²) in [6.07, 6.45) is 13.9. The standard InChI is InChI=1S/C22H28O4/c1-20-9-5-15(23)13-14(20)3-4-16-17(20)6-10-21(2)18(16)7-11-22(21,26)12-8-19(24)25/h5-6,9-10,13,16-18,26H,3-4,7-8,11-12H2,1-2H3,(H,24,25)/t16-,17+,18+,20+,21+,22-/m1/s1. The molecule has 0 amide bonds. The van der Waals surface area contributed by atoms with Gasteiger partial charge >= 0.3 is 5.97 Å². The fraction of sp³-hybridized carbons (Fsp3) is 0.636. The van der Waals surface area contributed by atoms with Crippen molar-refractivity contribution in [2.45, 2.75) is 58.0 Å². The van der Waals surface area contributed by atoms with Crippen LogP contribution in [0.15, 0.2) is 36.0 Å². The lowest BCUT2D eigenvalue weighted by Crippen LogP contribution is -2.52. The molecule has 0 aromatic rings. The van der Waals surface area contributed by atoms with E-state index in [0.29, 0.717) is 30.6 Å². The normalized spacial score (nSPS) is 46.3. The van der Waals surface area contributed by atoms with Crippen LogP contribution in [-0.4, -0.2) is 27.6 Å². The molecule has 0 aliphatic heterocycles. The van der Waals surface area contributed by atoms with Gasteiger partial charge in [-0.15, -0.1) is 0 Å². The van der Waals surface area contributed by atoms with Crippen LogP contribution in [0.2, 0.25) is 0 Å². The van der Waals surface area contributed by atoms with Gasteiger partial charge in [0.2, 0.25) is 0 Å². The van der Waals surface area contributed by atoms with Crippen LogP contribution in [0.5, 0.6) is 0 Å². The number of carboxylic acid groups (broad SMARTS) is 1. The molecule has 0 bridgehead atoms. The Bertz CT molecular complexity index is 747. The zero-order valence-electron chi connectivity index (χ0n) is 15.6. The van der Waals surface area contributed by atoms with Gasteiger partial charge in [0.05, 0.1) is 5.60 Å². The Morgan fingerprint density at radius 1 is 1.27 bits per heavy atom. The van der Waals surface area contributed by atoms with Gasteiger partial charge < -0.3 is 10.2 Å². The molecule has 2 N–H and O–H groups in total. The Balaban J connectivity index is 1.69. The molecule has 0 unspecified atom stereocenters. The summed E-state index contributed by atoms with van der Waals surface area (Å²) in [6.45, 7) is 4.35. The third-order valence-electron chi connectivity index (χ3n) is 8.06. The van der Waals surface area contributed by atoms with E-state index in [9.17, 15) is 14.7 Å². The third-order valence-corrected chi connectivity index (χ3v) is 8.06. The fourth-order valence-corrected chi connectivity index (χ4v) is 6.40. The predicted octanol–water partition coefficient (Wildman–Crippen LogP) is 3.67. The molecule has 4 rings (SSSR count). The van der Waals surface area contributed by atoms with Crippen molar-refractivity contribution in [3.63, 3.8) is 0 Å². The molecule has 6 atom stereocenters. The molecule has 0 heterocycles. The monoisotopic (exact) mass is 356 g/mol. The number of hydrogen-bond acceptors (Lipinski definition) is 3. The number of carboxylic acids is 1. The van der Waals surface area contributed by atoms with Gasteiger partial charge in [0.25, 0.3) is 0 Å². The molecule has 140 valence electrons. The molecule has 4 heteroatoms. The number of ketones is 1. The maximum absolute atomic E-state index is 11.8. The van der Waals surface area contributed by atoms with Crippen LogP contribution < -0.4 is 0 Å². The van der Waals surface area contributed by atoms with Crippen molar-refractivity contribution in [3.05, 3.63) is 36.0 Å². The third kappa shape index (κ3) is 2.31. The van der Waals surface area contributed by atoms with Gasteiger partial charge in [0, 0.05) is 17.3 Å². The van der Waals surface area contributed by atoms with Crippen LogP contribution >= 0.6 is 0 Å². The number of rotatable bonds is 3. The lowest BCUT2D eigenvalue weighted by atomic mass is 9.50. The number of carbonyl (C=O) groups is 2. The highest BCUT2D eigenvalue weighted by molar-refractivity contribution is 6.01. The fourth-order valence-electron chi connectivity index (χ4n) is 6.40. The van der Waals surface area contributed by atoms with Crippen molar-refractivity contribution in [1.29, 1.82) is 0 Å². The van der Waals surface area contributed by atoms with E-state index in [1.54, 1.807) is 6.08 Å². The summed E-state index contributed by atoms with van der Waals surface area (Å²) in [4.78, 5) is 22.8. The van der Waals surface area contributed by atoms with Crippen molar-refractivity contribution in [2.75, 3.05) is 0 Å². The smallest absolute Gasteiger partial charge is 0.303 e. The number of allylic oxidation sites excluding steroid dienone is 5. The molecule has 0 aromatic heterocycles. The summed E-state index contributed by atoms with van der Waals surface area (Å²) >= 11 is 0. The van der Waals surface area contributed by atoms with Crippen LogP contribution in [0.1, 0.15) is 52.4 Å². The Kier molecular flexibility index (Phi) is 3.85. The first kappa shape index (κ1) is 17.7. The van der Waals surface area contributed by atoms with Crippen molar-refractivity contribution in [3.8, 4) is 0 Å². The summed E-state index contributed by atoms with van der Waals surface area (Å²) < 4.78 is 0. The number of fused-ring (bicyclic) bond motifs is 5. The van der Waals surface area contributed by atoms with Gasteiger partial charge in [0.15, 0.2) is 5.78 Å². The van der Waals surface area contributed by atoms with Crippen LogP contribution in [-0.2, 0) is 9.59 Å². The first-order chi connectivity index (χ1) is 12.2. The van der Waals surface area contributed by atoms with Crippen LogP contribution in [0.3, 0.4) is 0 Å². The minimum absolute atomic E-state index is 0.0101. The first-order valence-corrected chi connectivity index (χ1v) is 9.77. The molecule has 4 aliphatic carbocycles. The van der Waals surface area contributed by atoms with Gasteiger partial charge in [-0.1, -0.05) is 37.6 Å². The number of hydrogen-bond donors (Lipinski definition) is 2. The summed E-state index contributed by atoms with van der Waals surface area (Å²) in [5.41, 5.74) is -0.183. The summed E-state index contributed by atoms with van der Waals surface area (Å²) in [5.74, 6) is 0.404. The van der Waals surface area contributed by atoms with Crippen LogP contribution in [0.25, 0.3) is 0 Å². The highest BCUT2D eigenvalue weighted by Crippen LogP contribution is 2.65. The Hall–Kier alpha value is -1.68. The first-order valence-electron chi connectivity index (χ1n) is 9.77. The van der Waals surface area contributed by atoms with Crippen molar-refractivity contribution < 1.29 is 19.8 Å². The van der Waals surface area contributed by atoms with E-state index in [4.69, 9.17) is 5.11 Å². The Morgan fingerprint density at radius 2 is 2.04 bits per heavy atom. The van der Waals surface area contributed by atoms with Gasteiger partial charge in [-0.25, -0.2) is 0 Å². The summed E-state index contributed by atoms with van der Waals surface area (Å²) in [6, 6.07) is 0. The van der Waals surface area contributed by atoms with E-state index in [-0.39, 0.29) is 23.0 Å². The number of carbonyl (C=O) groups excluding carboxylic acids is 1. The molecular weight excluding hydrogens is 328 g/mol. The molecule has 4 aliphatic rings. The second kappa shape index (κ2) is 5.66. The van der Waals surface area contributed by atoms with Crippen LogP contribution in [0, 0.1) is 28.6 Å². The molecule has 26 heavy (non-hydrogen) atoms. The maximum Gasteiger partial charge on any atom is 0.303 e. The summed E-state index contributed by atoms with van der Waals surface area (Å²) in [5, 5.41) is 20.4. The summed E-state index contributed by atoms with van der Waals surface area (Å²) in [7, 11) is 0. The average Bonchev–Trinajstić information content (AvgIpc) is 2.86. The second-order valence-corrected chi connectivity index (χ2v) is 9.13. The SMILES string of the molecule is C[C@]12C=CC(=O)C=C1CC[C@@H]1[C@@H]2C=C[C@@]2(C)[C@H]1CC[C@@]2(O)CCC(=O)O. The highest BCUT2D eigenvalue weighted by Gasteiger charge is 2.61. The van der Waals surface area contributed by atoms with Gasteiger partial charge in [-0.2, -0.15) is 0 Å². The number of aliphatic hydroxyl groups is 1. The van der Waals surface area contributed by atoms with E-state index in [0.717, 1.165) is 19.3 Å². The van der Waals surface area contributed by atoms with E-state index in [1.807, 2.05) is 6.08 Å². The minimum Gasteiger partial charge on any atom is -0.481 e. The predicted molar refractivity (Wildman–Crippen MR) is 98.3 cm³/mol. The largest absolute Gasteiger partial charge is 0.481 e. The van der Waals surface area contributed by atoms with Gasteiger partial charge in [-0.3, -0.25) is 9.59 Å². The quantitative estimate of drug-likeness (QED) is 0.757. The van der Waals surface area contributed by atoms with Crippen LogP contribution in [0.4, 0.5) is 0 Å². The van der Waals surface area contributed by atoms with Crippen molar-refractivity contribution >= 4 is 11.8 Å². The Morgan fingerprint density at radius 3 is 2.77 bits per heavy atom. The lowest BCUT2D eigenvalue weighted by molar-refractivity contribution is -0.140. The van der Waals surface area contributed by atoms with Gasteiger partial charge in [-0.05, 0) is 62.0 Å². The molecule has 0 saturated heterocycles. The molecule has 2 saturated carbocycles. The second-order valence-electron chi connectivity index (χ2n) is 9.13. The minimum atomic E-state index is -0.938. The number of aliphatic carboxylic acids is 1. The van der Waals surface area contributed by atoms with Crippen molar-refractivity contribution in [1.82, 2.24) is 0 Å². The lowest BCUT2D eigenvalue weighted by Gasteiger charge is -2.55. The Labute approximate surface area is 154 Å². The molecule has 0 radical (unpaired) electrons. The maximum atomic E-state index is 11.8. The zero-order chi connectivity index (χ0) is 18.7. The van der Waals surface area contributed by atoms with Crippen molar-refractivity contribution in [2.24, 2.45) is 28.6 Å². The molecule has 4 nitrogen and oxygen atoms in total. The molecule has 2 fully saturated rings. The average molecular weight is 356 g/mol. The topological polar surface area (TPSA) is 74.6 Å². The molecule has 0 aromatic carbocycles. The van der Waals surface area contributed by atoms with E-state index >= 15 is 0 Å². The van der Waals surface area contributed by atoms with Gasteiger partial charge in [0.1, 0.15) is 0 Å².